The normalized spacial score (nSPS) is 11.4. The van der Waals surface area contributed by atoms with Crippen LogP contribution >= 0.6 is 0 Å². The van der Waals surface area contributed by atoms with Crippen LogP contribution in [0.1, 0.15) is 29.6 Å². The minimum atomic E-state index is -1.68. The van der Waals surface area contributed by atoms with E-state index in [1.54, 1.807) is 0 Å². The molecule has 1 aromatic rings. The predicted octanol–water partition coefficient (Wildman–Crippen LogP) is 1.75. The van der Waals surface area contributed by atoms with Gasteiger partial charge in [-0.2, -0.15) is 0 Å². The third kappa shape index (κ3) is 4.15. The molecule has 20 heavy (non-hydrogen) atoms. The van der Waals surface area contributed by atoms with Gasteiger partial charge >= 0.3 is 0 Å². The number of halogens is 3. The lowest BCUT2D eigenvalue weighted by molar-refractivity contribution is 0.0947. The Bertz CT molecular complexity index is 521. The molecule has 1 aromatic carbocycles. The lowest BCUT2D eigenvalue weighted by Gasteiger charge is -2.06. The summed E-state index contributed by atoms with van der Waals surface area (Å²) < 4.78 is 38.9. The fourth-order valence-corrected chi connectivity index (χ4v) is 1.48. The van der Waals surface area contributed by atoms with Crippen LogP contribution < -0.4 is 11.1 Å². The van der Waals surface area contributed by atoms with E-state index in [4.69, 9.17) is 10.9 Å². The van der Waals surface area contributed by atoms with Crippen LogP contribution in [-0.4, -0.2) is 23.5 Å². The molecule has 1 rings (SSSR count). The van der Waals surface area contributed by atoms with Crippen molar-refractivity contribution in [2.45, 2.75) is 19.3 Å². The Morgan fingerprint density at radius 1 is 1.25 bits per heavy atom. The van der Waals surface area contributed by atoms with Crippen molar-refractivity contribution in [3.8, 4) is 0 Å². The molecule has 0 atom stereocenters. The number of nitrogens with zero attached hydrogens (tertiary/aromatic N) is 1. The number of hydrogen-bond donors (Lipinski definition) is 3. The van der Waals surface area contributed by atoms with E-state index in [1.165, 1.54) is 0 Å². The number of unbranched alkanes of at least 4 members (excludes halogenated alkanes) is 1. The maximum atomic E-state index is 13.3. The smallest absolute Gasteiger partial charge is 0.254 e. The van der Waals surface area contributed by atoms with Crippen molar-refractivity contribution in [2.24, 2.45) is 10.9 Å². The van der Waals surface area contributed by atoms with E-state index in [-0.39, 0.29) is 12.4 Å². The molecule has 0 aliphatic heterocycles. The van der Waals surface area contributed by atoms with Crippen LogP contribution in [-0.2, 0) is 0 Å². The summed E-state index contributed by atoms with van der Waals surface area (Å²) in [5.41, 5.74) is 4.69. The Hall–Kier alpha value is -2.25. The summed E-state index contributed by atoms with van der Waals surface area (Å²) in [5, 5.41) is 13.4. The van der Waals surface area contributed by atoms with Gasteiger partial charge in [0.25, 0.3) is 5.91 Å². The van der Waals surface area contributed by atoms with E-state index in [1.807, 2.05) is 0 Å². The van der Waals surface area contributed by atoms with Gasteiger partial charge in [-0.3, -0.25) is 4.79 Å². The molecule has 0 saturated heterocycles. The fourth-order valence-electron chi connectivity index (χ4n) is 1.48. The number of hydrogen-bond acceptors (Lipinski definition) is 3. The van der Waals surface area contributed by atoms with Gasteiger partial charge in [0.1, 0.15) is 5.84 Å². The highest BCUT2D eigenvalue weighted by atomic mass is 19.2. The van der Waals surface area contributed by atoms with Crippen LogP contribution in [0.25, 0.3) is 0 Å². The number of benzene rings is 1. The molecule has 0 saturated carbocycles. The number of carbonyl (C=O) groups excluding carboxylic acids is 1. The number of nitrogens with one attached hydrogen (secondary N) is 1. The largest absolute Gasteiger partial charge is 0.409 e. The number of rotatable bonds is 6. The number of carbonyl (C=O) groups is 1. The Morgan fingerprint density at radius 3 is 2.60 bits per heavy atom. The molecule has 8 heteroatoms. The Kier molecular flexibility index (Phi) is 5.82. The predicted molar refractivity (Wildman–Crippen MR) is 65.9 cm³/mol. The van der Waals surface area contributed by atoms with E-state index in [9.17, 15) is 18.0 Å². The summed E-state index contributed by atoms with van der Waals surface area (Å²) in [6.07, 6.45) is 1.41. The average Bonchev–Trinajstić information content (AvgIpc) is 2.44. The molecular weight excluding hydrogens is 275 g/mol. The molecule has 0 heterocycles. The fraction of sp³-hybridized carbons (Fsp3) is 0.333. The first-order valence-electron chi connectivity index (χ1n) is 5.85. The quantitative estimate of drug-likeness (QED) is 0.186. The molecule has 0 aromatic heterocycles. The summed E-state index contributed by atoms with van der Waals surface area (Å²) in [5.74, 6) is -5.30. The maximum absolute atomic E-state index is 13.3. The van der Waals surface area contributed by atoms with E-state index >= 15 is 0 Å². The molecule has 5 nitrogen and oxygen atoms in total. The first-order valence-corrected chi connectivity index (χ1v) is 5.85. The molecule has 1 amide bonds. The van der Waals surface area contributed by atoms with E-state index in [2.05, 4.69) is 10.5 Å². The minimum Gasteiger partial charge on any atom is -0.409 e. The van der Waals surface area contributed by atoms with Gasteiger partial charge in [0.2, 0.25) is 0 Å². The zero-order chi connectivity index (χ0) is 15.1. The van der Waals surface area contributed by atoms with E-state index in [0.717, 1.165) is 6.07 Å². The van der Waals surface area contributed by atoms with Crippen molar-refractivity contribution in [1.82, 2.24) is 5.32 Å². The second-order valence-electron chi connectivity index (χ2n) is 4.03. The summed E-state index contributed by atoms with van der Waals surface area (Å²) >= 11 is 0. The monoisotopic (exact) mass is 289 g/mol. The molecule has 0 bridgehead atoms. The lowest BCUT2D eigenvalue weighted by atomic mass is 10.1. The van der Waals surface area contributed by atoms with Gasteiger partial charge in [-0.25, -0.2) is 13.2 Å². The van der Waals surface area contributed by atoms with Gasteiger partial charge in [0.05, 0.1) is 5.56 Å². The Balaban J connectivity index is 2.46. The van der Waals surface area contributed by atoms with E-state index in [0.29, 0.717) is 25.3 Å². The summed E-state index contributed by atoms with van der Waals surface area (Å²) in [6.45, 7) is 0.204. The highest BCUT2D eigenvalue weighted by Gasteiger charge is 2.18. The molecule has 0 unspecified atom stereocenters. The molecule has 0 aliphatic rings. The lowest BCUT2D eigenvalue weighted by Crippen LogP contribution is -2.26. The third-order valence-electron chi connectivity index (χ3n) is 2.55. The van der Waals surface area contributed by atoms with Gasteiger partial charge < -0.3 is 16.3 Å². The molecular formula is C12H14F3N3O2. The van der Waals surface area contributed by atoms with Crippen LogP contribution in [0.5, 0.6) is 0 Å². The molecule has 4 N–H and O–H groups in total. The van der Waals surface area contributed by atoms with Crippen molar-refractivity contribution < 1.29 is 23.2 Å². The third-order valence-corrected chi connectivity index (χ3v) is 2.55. The molecule has 0 spiro atoms. The summed E-state index contributed by atoms with van der Waals surface area (Å²) in [4.78, 5) is 11.6. The molecule has 110 valence electrons. The van der Waals surface area contributed by atoms with Gasteiger partial charge in [-0.1, -0.05) is 5.16 Å². The molecule has 0 radical (unpaired) electrons. The van der Waals surface area contributed by atoms with Crippen molar-refractivity contribution in [3.05, 3.63) is 35.1 Å². The van der Waals surface area contributed by atoms with Crippen molar-refractivity contribution in [2.75, 3.05) is 6.54 Å². The van der Waals surface area contributed by atoms with Crippen LogP contribution in [0.4, 0.5) is 13.2 Å². The zero-order valence-corrected chi connectivity index (χ0v) is 10.5. The SMILES string of the molecule is NC(CCCCNC(=O)c1ccc(F)c(F)c1F)=NO. The standard InChI is InChI=1S/C12H14F3N3O2/c13-8-5-4-7(10(14)11(8)15)12(19)17-6-2-1-3-9(16)18-20/h4-5,20H,1-3,6H2,(H2,16,18)(H,17,19). The van der Waals surface area contributed by atoms with Gasteiger partial charge in [0.15, 0.2) is 17.5 Å². The topological polar surface area (TPSA) is 87.7 Å². The van der Waals surface area contributed by atoms with Crippen LogP contribution in [0.15, 0.2) is 17.3 Å². The van der Waals surface area contributed by atoms with E-state index < -0.39 is 28.9 Å². The first-order chi connectivity index (χ1) is 9.47. The molecule has 0 aliphatic carbocycles. The van der Waals surface area contributed by atoms with Crippen LogP contribution in [0, 0.1) is 17.5 Å². The van der Waals surface area contributed by atoms with Crippen LogP contribution in [0.3, 0.4) is 0 Å². The number of amidine groups is 1. The number of nitrogens with two attached hydrogens (primary N) is 1. The van der Waals surface area contributed by atoms with Gasteiger partial charge in [0, 0.05) is 13.0 Å². The second kappa shape index (κ2) is 7.37. The highest BCUT2D eigenvalue weighted by molar-refractivity contribution is 5.94. The van der Waals surface area contributed by atoms with Crippen molar-refractivity contribution in [1.29, 1.82) is 0 Å². The summed E-state index contributed by atoms with van der Waals surface area (Å²) in [7, 11) is 0. The summed E-state index contributed by atoms with van der Waals surface area (Å²) in [6, 6.07) is 1.56. The Labute approximate surface area is 113 Å². The highest BCUT2D eigenvalue weighted by Crippen LogP contribution is 2.14. The zero-order valence-electron chi connectivity index (χ0n) is 10.5. The Morgan fingerprint density at radius 2 is 1.95 bits per heavy atom. The minimum absolute atomic E-state index is 0.0722. The number of amides is 1. The second-order valence-corrected chi connectivity index (χ2v) is 4.03. The molecule has 0 fully saturated rings. The van der Waals surface area contributed by atoms with Crippen molar-refractivity contribution in [3.63, 3.8) is 0 Å². The first kappa shape index (κ1) is 15.8. The van der Waals surface area contributed by atoms with Gasteiger partial charge in [-0.05, 0) is 25.0 Å². The maximum Gasteiger partial charge on any atom is 0.254 e. The van der Waals surface area contributed by atoms with Crippen LogP contribution in [0.2, 0.25) is 0 Å². The van der Waals surface area contributed by atoms with Crippen molar-refractivity contribution >= 4 is 11.7 Å². The average molecular weight is 289 g/mol. The van der Waals surface area contributed by atoms with Gasteiger partial charge in [-0.15, -0.1) is 0 Å². The number of oxime groups is 1.